The van der Waals surface area contributed by atoms with Crippen LogP contribution in [0.4, 0.5) is 0 Å². The first-order valence-corrected chi connectivity index (χ1v) is 5.67. The topological polar surface area (TPSA) is 83.5 Å². The highest BCUT2D eigenvalue weighted by Gasteiger charge is 2.13. The van der Waals surface area contributed by atoms with Crippen molar-refractivity contribution in [3.63, 3.8) is 0 Å². The minimum absolute atomic E-state index is 0.0365. The number of nitrogens with one attached hydrogen (secondary N) is 2. The van der Waals surface area contributed by atoms with Crippen LogP contribution in [0.15, 0.2) is 29.6 Å². The molecule has 0 saturated heterocycles. The van der Waals surface area contributed by atoms with E-state index in [4.69, 9.17) is 0 Å². The molecule has 0 spiro atoms. The van der Waals surface area contributed by atoms with Crippen molar-refractivity contribution < 1.29 is 9.59 Å². The molecule has 1 aromatic heterocycles. The van der Waals surface area contributed by atoms with Crippen LogP contribution in [0.5, 0.6) is 0 Å². The molecule has 6 nitrogen and oxygen atoms in total. The van der Waals surface area contributed by atoms with Crippen LogP contribution in [0.1, 0.15) is 25.8 Å². The van der Waals surface area contributed by atoms with Crippen molar-refractivity contribution in [2.45, 2.75) is 26.3 Å². The van der Waals surface area contributed by atoms with E-state index in [2.05, 4.69) is 20.8 Å². The number of rotatable bonds is 4. The number of nitrogens with zero attached hydrogens (tertiary/aromatic N) is 2. The van der Waals surface area contributed by atoms with Gasteiger partial charge in [-0.3, -0.25) is 14.6 Å². The third kappa shape index (κ3) is 4.73. The molecule has 0 unspecified atom stereocenters. The number of hydrazone groups is 1. The third-order valence-electron chi connectivity index (χ3n) is 2.26. The lowest BCUT2D eigenvalue weighted by Gasteiger charge is -2.09. The highest BCUT2D eigenvalue weighted by atomic mass is 16.2. The van der Waals surface area contributed by atoms with Crippen molar-refractivity contribution in [3.05, 3.63) is 30.1 Å². The van der Waals surface area contributed by atoms with Crippen molar-refractivity contribution in [1.82, 2.24) is 15.7 Å². The Morgan fingerprint density at radius 1 is 1.50 bits per heavy atom. The fourth-order valence-electron chi connectivity index (χ4n) is 1.06. The first kappa shape index (κ1) is 13.8. The largest absolute Gasteiger partial charge is 0.345 e. The Hall–Kier alpha value is -2.24. The summed E-state index contributed by atoms with van der Waals surface area (Å²) in [6.45, 7) is 3.74. The van der Waals surface area contributed by atoms with E-state index >= 15 is 0 Å². The average molecular weight is 248 g/mol. The van der Waals surface area contributed by atoms with Gasteiger partial charge in [-0.2, -0.15) is 5.10 Å². The van der Waals surface area contributed by atoms with Gasteiger partial charge in [-0.05, 0) is 19.4 Å². The molecular weight excluding hydrogens is 232 g/mol. The van der Waals surface area contributed by atoms with E-state index in [1.807, 2.05) is 13.8 Å². The molecule has 0 aliphatic rings. The van der Waals surface area contributed by atoms with E-state index in [1.165, 1.54) is 6.21 Å². The number of hydrogen-bond donors (Lipinski definition) is 2. The maximum Gasteiger partial charge on any atom is 0.329 e. The SMILES string of the molecule is CC[C@H](C)NC(=O)C(=O)N/N=C\c1cccnc1. The van der Waals surface area contributed by atoms with Gasteiger partial charge in [0.15, 0.2) is 0 Å². The van der Waals surface area contributed by atoms with Gasteiger partial charge in [0.05, 0.1) is 6.21 Å². The van der Waals surface area contributed by atoms with Crippen LogP contribution in [0.2, 0.25) is 0 Å². The first-order valence-electron chi connectivity index (χ1n) is 5.67. The number of aromatic nitrogens is 1. The number of hydrogen-bond acceptors (Lipinski definition) is 4. The number of carbonyl (C=O) groups excluding carboxylic acids is 2. The Morgan fingerprint density at radius 3 is 2.89 bits per heavy atom. The molecule has 6 heteroatoms. The molecule has 0 bridgehead atoms. The molecule has 2 N–H and O–H groups in total. The minimum atomic E-state index is -0.782. The zero-order valence-corrected chi connectivity index (χ0v) is 10.4. The van der Waals surface area contributed by atoms with Crippen molar-refractivity contribution in [3.8, 4) is 0 Å². The van der Waals surface area contributed by atoms with Crippen molar-refractivity contribution >= 4 is 18.0 Å². The van der Waals surface area contributed by atoms with E-state index in [0.29, 0.717) is 0 Å². The van der Waals surface area contributed by atoms with Crippen molar-refractivity contribution in [1.29, 1.82) is 0 Å². The Bertz CT molecular complexity index is 431. The molecule has 1 aromatic rings. The summed E-state index contributed by atoms with van der Waals surface area (Å²) in [6, 6.07) is 3.49. The molecule has 18 heavy (non-hydrogen) atoms. The second-order valence-electron chi connectivity index (χ2n) is 3.77. The lowest BCUT2D eigenvalue weighted by atomic mass is 10.2. The predicted octanol–water partition coefficient (Wildman–Crippen LogP) is 0.446. The van der Waals surface area contributed by atoms with Crippen molar-refractivity contribution in [2.75, 3.05) is 0 Å². The summed E-state index contributed by atoms with van der Waals surface area (Å²) in [6.07, 6.45) is 5.41. The molecule has 2 amide bonds. The summed E-state index contributed by atoms with van der Waals surface area (Å²) in [5.74, 6) is -1.47. The quantitative estimate of drug-likeness (QED) is 0.461. The molecule has 1 rings (SSSR count). The molecule has 1 heterocycles. The minimum Gasteiger partial charge on any atom is -0.345 e. The lowest BCUT2D eigenvalue weighted by Crippen LogP contribution is -2.41. The maximum absolute atomic E-state index is 11.3. The zero-order chi connectivity index (χ0) is 13.4. The van der Waals surface area contributed by atoms with Crippen LogP contribution in [0.25, 0.3) is 0 Å². The van der Waals surface area contributed by atoms with Crippen LogP contribution >= 0.6 is 0 Å². The Balaban J connectivity index is 2.41. The standard InChI is InChI=1S/C12H16N4O2/c1-3-9(2)15-11(17)12(18)16-14-8-10-5-4-6-13-7-10/h4-9H,3H2,1-2H3,(H,15,17)(H,16,18)/b14-8-/t9-/m0/s1. The summed E-state index contributed by atoms with van der Waals surface area (Å²) in [5, 5.41) is 6.21. The molecular formula is C12H16N4O2. The van der Waals surface area contributed by atoms with Gasteiger partial charge in [0.2, 0.25) is 0 Å². The van der Waals surface area contributed by atoms with Gasteiger partial charge >= 0.3 is 11.8 Å². The molecule has 1 atom stereocenters. The maximum atomic E-state index is 11.3. The van der Waals surface area contributed by atoms with Gasteiger partial charge < -0.3 is 5.32 Å². The second-order valence-corrected chi connectivity index (χ2v) is 3.77. The monoisotopic (exact) mass is 248 g/mol. The van der Waals surface area contributed by atoms with Gasteiger partial charge in [0.1, 0.15) is 0 Å². The molecule has 0 aromatic carbocycles. The summed E-state index contributed by atoms with van der Waals surface area (Å²) in [4.78, 5) is 26.6. The van der Waals surface area contributed by atoms with Crippen LogP contribution in [-0.4, -0.2) is 29.1 Å². The third-order valence-corrected chi connectivity index (χ3v) is 2.26. The molecule has 0 aliphatic carbocycles. The number of pyridine rings is 1. The van der Waals surface area contributed by atoms with Gasteiger partial charge in [-0.1, -0.05) is 13.0 Å². The van der Waals surface area contributed by atoms with Gasteiger partial charge in [-0.25, -0.2) is 5.43 Å². The fraction of sp³-hybridized carbons (Fsp3) is 0.333. The normalized spacial score (nSPS) is 12.1. The van der Waals surface area contributed by atoms with E-state index < -0.39 is 11.8 Å². The van der Waals surface area contributed by atoms with Gasteiger partial charge in [-0.15, -0.1) is 0 Å². The van der Waals surface area contributed by atoms with E-state index in [-0.39, 0.29) is 6.04 Å². The smallest absolute Gasteiger partial charge is 0.329 e. The highest BCUT2D eigenvalue weighted by molar-refractivity contribution is 6.35. The van der Waals surface area contributed by atoms with Gasteiger partial charge in [0.25, 0.3) is 0 Å². The highest BCUT2D eigenvalue weighted by Crippen LogP contribution is 1.90. The molecule has 0 radical (unpaired) electrons. The molecule has 0 saturated carbocycles. The van der Waals surface area contributed by atoms with E-state index in [0.717, 1.165) is 12.0 Å². The van der Waals surface area contributed by atoms with Gasteiger partial charge in [0, 0.05) is 24.0 Å². The van der Waals surface area contributed by atoms with E-state index in [9.17, 15) is 9.59 Å². The number of carbonyl (C=O) groups is 2. The predicted molar refractivity (Wildman–Crippen MR) is 67.9 cm³/mol. The molecule has 0 fully saturated rings. The summed E-state index contributed by atoms with van der Waals surface area (Å²) >= 11 is 0. The average Bonchev–Trinajstić information content (AvgIpc) is 2.39. The summed E-state index contributed by atoms with van der Waals surface area (Å²) in [7, 11) is 0. The fourth-order valence-corrected chi connectivity index (χ4v) is 1.06. The van der Waals surface area contributed by atoms with Crippen LogP contribution in [0.3, 0.4) is 0 Å². The lowest BCUT2D eigenvalue weighted by molar-refractivity contribution is -0.139. The zero-order valence-electron chi connectivity index (χ0n) is 10.4. The van der Waals surface area contributed by atoms with Crippen LogP contribution in [0, 0.1) is 0 Å². The van der Waals surface area contributed by atoms with Crippen molar-refractivity contribution in [2.24, 2.45) is 5.10 Å². The number of amides is 2. The summed E-state index contributed by atoms with van der Waals surface area (Å²) in [5.41, 5.74) is 2.89. The van der Waals surface area contributed by atoms with Crippen LogP contribution in [-0.2, 0) is 9.59 Å². The Kier molecular flexibility index (Phi) is 5.50. The summed E-state index contributed by atoms with van der Waals surface area (Å²) < 4.78 is 0. The Morgan fingerprint density at radius 2 is 2.28 bits per heavy atom. The second kappa shape index (κ2) is 7.16. The van der Waals surface area contributed by atoms with E-state index in [1.54, 1.807) is 24.5 Å². The first-order chi connectivity index (χ1) is 8.63. The van der Waals surface area contributed by atoms with Crippen LogP contribution < -0.4 is 10.7 Å². The molecule has 0 aliphatic heterocycles. The molecule has 96 valence electrons. The Labute approximate surface area is 105 Å².